The van der Waals surface area contributed by atoms with Gasteiger partial charge in [0.25, 0.3) is 15.9 Å². The topological polar surface area (TPSA) is 92.3 Å². The van der Waals surface area contributed by atoms with Gasteiger partial charge in [0, 0.05) is 17.5 Å². The second-order valence-corrected chi connectivity index (χ2v) is 10.4. The van der Waals surface area contributed by atoms with Crippen molar-refractivity contribution in [1.29, 1.82) is 0 Å². The Morgan fingerprint density at radius 3 is 2.48 bits per heavy atom. The van der Waals surface area contributed by atoms with Crippen LogP contribution in [0.5, 0.6) is 0 Å². The average Bonchev–Trinajstić information content (AvgIpc) is 3.18. The van der Waals surface area contributed by atoms with Gasteiger partial charge in [-0.1, -0.05) is 45.0 Å². The number of sulfonamides is 1. The Labute approximate surface area is 182 Å². The highest BCUT2D eigenvalue weighted by Gasteiger charge is 2.31. The number of fused-ring (bicyclic) bond motifs is 1. The van der Waals surface area contributed by atoms with Crippen LogP contribution in [0.3, 0.4) is 0 Å². The summed E-state index contributed by atoms with van der Waals surface area (Å²) in [6.07, 6.45) is 0.665. The van der Waals surface area contributed by atoms with Gasteiger partial charge in [-0.2, -0.15) is 5.10 Å². The number of anilines is 2. The first kappa shape index (κ1) is 21.0. The molecule has 0 aliphatic carbocycles. The van der Waals surface area contributed by atoms with Crippen molar-refractivity contribution in [3.63, 3.8) is 0 Å². The zero-order valence-corrected chi connectivity index (χ0v) is 18.5. The summed E-state index contributed by atoms with van der Waals surface area (Å²) in [6, 6.07) is 17.0. The van der Waals surface area contributed by atoms with Crippen molar-refractivity contribution < 1.29 is 13.2 Å². The third-order valence-corrected chi connectivity index (χ3v) is 7.01. The average molecular weight is 437 g/mol. The van der Waals surface area contributed by atoms with Gasteiger partial charge in [-0.25, -0.2) is 8.42 Å². The van der Waals surface area contributed by atoms with Crippen LogP contribution in [0, 0.1) is 0 Å². The highest BCUT2D eigenvalue weighted by molar-refractivity contribution is 7.92. The predicted molar refractivity (Wildman–Crippen MR) is 120 cm³/mol. The van der Waals surface area contributed by atoms with Crippen LogP contribution in [0.2, 0.25) is 0 Å². The molecule has 7 nitrogen and oxygen atoms in total. The minimum absolute atomic E-state index is 0.0750. The minimum Gasteiger partial charge on any atom is -0.305 e. The molecule has 4 rings (SSSR count). The Hall–Kier alpha value is -3.26. The zero-order valence-electron chi connectivity index (χ0n) is 17.7. The van der Waals surface area contributed by atoms with E-state index in [-0.39, 0.29) is 15.9 Å². The Kier molecular flexibility index (Phi) is 5.26. The molecular formula is C23H24N4O3S. The fourth-order valence-corrected chi connectivity index (χ4v) is 5.02. The maximum absolute atomic E-state index is 13.2. The molecule has 0 fully saturated rings. The van der Waals surface area contributed by atoms with Gasteiger partial charge in [0.05, 0.1) is 16.3 Å². The quantitative estimate of drug-likeness (QED) is 0.672. The minimum atomic E-state index is -3.78. The van der Waals surface area contributed by atoms with Gasteiger partial charge in [0.1, 0.15) is 0 Å². The van der Waals surface area contributed by atoms with E-state index in [1.54, 1.807) is 24.3 Å². The van der Waals surface area contributed by atoms with Gasteiger partial charge in [-0.15, -0.1) is 5.10 Å². The molecule has 1 aliphatic heterocycles. The molecule has 8 heteroatoms. The number of benzene rings is 2. The summed E-state index contributed by atoms with van der Waals surface area (Å²) in [5.74, 6) is -0.142. The summed E-state index contributed by atoms with van der Waals surface area (Å²) in [6.45, 7) is 6.47. The number of amides is 1. The maximum Gasteiger partial charge on any atom is 0.264 e. The van der Waals surface area contributed by atoms with E-state index < -0.39 is 15.9 Å². The van der Waals surface area contributed by atoms with E-state index in [9.17, 15) is 13.2 Å². The lowest BCUT2D eigenvalue weighted by molar-refractivity contribution is 0.102. The van der Waals surface area contributed by atoms with Crippen molar-refractivity contribution >= 4 is 27.4 Å². The highest BCUT2D eigenvalue weighted by atomic mass is 32.2. The monoisotopic (exact) mass is 436 g/mol. The molecule has 2 heterocycles. The van der Waals surface area contributed by atoms with Crippen molar-refractivity contribution in [2.75, 3.05) is 16.2 Å². The fourth-order valence-electron chi connectivity index (χ4n) is 3.47. The van der Waals surface area contributed by atoms with Crippen LogP contribution in [0.1, 0.15) is 42.4 Å². The maximum atomic E-state index is 13.2. The van der Waals surface area contributed by atoms with Gasteiger partial charge < -0.3 is 5.32 Å². The number of rotatable bonds is 4. The Balaban J connectivity index is 1.56. The Morgan fingerprint density at radius 2 is 1.77 bits per heavy atom. The summed E-state index contributed by atoms with van der Waals surface area (Å²) in [4.78, 5) is 12.8. The van der Waals surface area contributed by atoms with Crippen molar-refractivity contribution in [1.82, 2.24) is 10.2 Å². The van der Waals surface area contributed by atoms with Crippen molar-refractivity contribution in [2.24, 2.45) is 0 Å². The number of hydrogen-bond donors (Lipinski definition) is 1. The molecule has 1 amide bonds. The predicted octanol–water partition coefficient (Wildman–Crippen LogP) is 3.78. The van der Waals surface area contributed by atoms with Gasteiger partial charge in [0.2, 0.25) is 0 Å². The lowest BCUT2D eigenvalue weighted by Crippen LogP contribution is -2.29. The van der Waals surface area contributed by atoms with Crippen LogP contribution in [0.25, 0.3) is 0 Å². The molecule has 0 saturated carbocycles. The molecule has 0 spiro atoms. The molecule has 0 atom stereocenters. The fraction of sp³-hybridized carbons (Fsp3) is 0.261. The second-order valence-electron chi connectivity index (χ2n) is 8.49. The third-order valence-electron chi connectivity index (χ3n) is 5.20. The van der Waals surface area contributed by atoms with E-state index in [1.807, 2.05) is 45.0 Å². The summed E-state index contributed by atoms with van der Waals surface area (Å²) >= 11 is 0. The first-order valence-electron chi connectivity index (χ1n) is 10.0. The second kappa shape index (κ2) is 7.77. The van der Waals surface area contributed by atoms with E-state index in [4.69, 9.17) is 0 Å². The van der Waals surface area contributed by atoms with E-state index in [2.05, 4.69) is 15.5 Å². The third kappa shape index (κ3) is 4.16. The molecule has 1 N–H and O–H groups in total. The summed E-state index contributed by atoms with van der Waals surface area (Å²) in [7, 11) is -3.78. The van der Waals surface area contributed by atoms with E-state index in [0.29, 0.717) is 24.5 Å². The number of carbonyl (C=O) groups excluding carboxylic acids is 1. The molecule has 0 saturated heterocycles. The molecule has 0 unspecified atom stereocenters. The molecule has 0 bridgehead atoms. The summed E-state index contributed by atoms with van der Waals surface area (Å²) < 4.78 is 27.9. The van der Waals surface area contributed by atoms with E-state index in [1.165, 1.54) is 16.4 Å². The van der Waals surface area contributed by atoms with Crippen molar-refractivity contribution in [3.05, 3.63) is 77.5 Å². The van der Waals surface area contributed by atoms with E-state index >= 15 is 0 Å². The molecule has 1 aliphatic rings. The molecule has 1 aromatic heterocycles. The molecule has 0 radical (unpaired) electrons. The van der Waals surface area contributed by atoms with Gasteiger partial charge in [-0.05, 0) is 48.4 Å². The number of para-hydroxylation sites is 1. The highest BCUT2D eigenvalue weighted by Crippen LogP contribution is 2.32. The zero-order chi connectivity index (χ0) is 22.2. The number of carbonyl (C=O) groups is 1. The summed E-state index contributed by atoms with van der Waals surface area (Å²) in [5, 5.41) is 10.9. The van der Waals surface area contributed by atoms with Crippen molar-refractivity contribution in [2.45, 2.75) is 37.5 Å². The number of nitrogens with one attached hydrogen (secondary N) is 1. The van der Waals surface area contributed by atoms with Crippen LogP contribution in [0.15, 0.2) is 65.6 Å². The number of nitrogens with zero attached hydrogens (tertiary/aromatic N) is 3. The Morgan fingerprint density at radius 1 is 1.00 bits per heavy atom. The van der Waals surface area contributed by atoms with Crippen LogP contribution in [-0.2, 0) is 21.9 Å². The first-order valence-corrected chi connectivity index (χ1v) is 11.5. The number of hydrogen-bond acceptors (Lipinski definition) is 5. The molecular weight excluding hydrogens is 412 g/mol. The Bertz CT molecular complexity index is 1230. The van der Waals surface area contributed by atoms with Crippen LogP contribution in [-0.4, -0.2) is 31.1 Å². The largest absolute Gasteiger partial charge is 0.305 e. The van der Waals surface area contributed by atoms with Gasteiger partial charge in [0.15, 0.2) is 5.82 Å². The molecule has 160 valence electrons. The van der Waals surface area contributed by atoms with Gasteiger partial charge >= 0.3 is 0 Å². The standard InChI is InChI=1S/C23H24N4O3S/c1-23(2,3)20-11-12-21(26-25-20)24-22(28)17-8-6-9-18(15-17)31(29,30)27-14-13-16-7-4-5-10-19(16)27/h4-12,15H,13-14H2,1-3H3,(H,24,26,28). The molecule has 31 heavy (non-hydrogen) atoms. The van der Waals surface area contributed by atoms with Crippen LogP contribution < -0.4 is 9.62 Å². The molecule has 3 aromatic rings. The van der Waals surface area contributed by atoms with Crippen molar-refractivity contribution in [3.8, 4) is 0 Å². The normalized spacial score (nSPS) is 13.7. The van der Waals surface area contributed by atoms with Crippen LogP contribution in [0.4, 0.5) is 11.5 Å². The summed E-state index contributed by atoms with van der Waals surface area (Å²) in [5.41, 5.74) is 2.58. The smallest absolute Gasteiger partial charge is 0.264 e. The van der Waals surface area contributed by atoms with E-state index in [0.717, 1.165) is 11.3 Å². The SMILES string of the molecule is CC(C)(C)c1ccc(NC(=O)c2cccc(S(=O)(=O)N3CCc4ccccc43)c2)nn1. The number of aromatic nitrogens is 2. The molecule has 2 aromatic carbocycles. The lowest BCUT2D eigenvalue weighted by Gasteiger charge is -2.20. The lowest BCUT2D eigenvalue weighted by atomic mass is 9.92. The first-order chi connectivity index (χ1) is 14.7. The van der Waals surface area contributed by atoms with Crippen LogP contribution >= 0.6 is 0 Å². The van der Waals surface area contributed by atoms with Gasteiger partial charge in [-0.3, -0.25) is 9.10 Å².